The summed E-state index contributed by atoms with van der Waals surface area (Å²) in [5.41, 5.74) is 1.58. The van der Waals surface area contributed by atoms with Gasteiger partial charge in [-0.25, -0.2) is 18.9 Å². The highest BCUT2D eigenvalue weighted by Gasteiger charge is 2.25. The number of hydrogen-bond donors (Lipinski definition) is 0. The van der Waals surface area contributed by atoms with Crippen LogP contribution in [0.25, 0.3) is 15.9 Å². The molecule has 27 heavy (non-hydrogen) atoms. The average molecular weight is 387 g/mol. The number of morpholine rings is 1. The van der Waals surface area contributed by atoms with Gasteiger partial charge in [0.2, 0.25) is 5.91 Å². The molecular formula is C18H21N5O3S. The molecule has 0 spiro atoms. The van der Waals surface area contributed by atoms with Crippen LogP contribution in [0.5, 0.6) is 0 Å². The van der Waals surface area contributed by atoms with Gasteiger partial charge < -0.3 is 9.64 Å². The van der Waals surface area contributed by atoms with E-state index < -0.39 is 0 Å². The first-order valence-corrected chi connectivity index (χ1v) is 10.2. The summed E-state index contributed by atoms with van der Waals surface area (Å²) < 4.78 is 8.02. The third kappa shape index (κ3) is 2.76. The maximum Gasteiger partial charge on any atom is 0.352 e. The molecule has 4 heterocycles. The lowest BCUT2D eigenvalue weighted by Gasteiger charge is -2.26. The van der Waals surface area contributed by atoms with Gasteiger partial charge >= 0.3 is 5.69 Å². The van der Waals surface area contributed by atoms with Crippen molar-refractivity contribution in [3.8, 4) is 0 Å². The van der Waals surface area contributed by atoms with Gasteiger partial charge in [-0.15, -0.1) is 16.4 Å². The smallest absolute Gasteiger partial charge is 0.352 e. The molecule has 1 aliphatic carbocycles. The van der Waals surface area contributed by atoms with E-state index in [1.54, 1.807) is 16.2 Å². The second kappa shape index (κ2) is 6.42. The number of hydrogen-bond acceptors (Lipinski definition) is 6. The van der Waals surface area contributed by atoms with E-state index in [-0.39, 0.29) is 18.1 Å². The Hall–Kier alpha value is -2.26. The number of rotatable bonds is 2. The van der Waals surface area contributed by atoms with Crippen LogP contribution in [0, 0.1) is 5.92 Å². The molecule has 0 radical (unpaired) electrons. The van der Waals surface area contributed by atoms with E-state index in [2.05, 4.69) is 17.0 Å². The van der Waals surface area contributed by atoms with E-state index in [0.29, 0.717) is 37.9 Å². The largest absolute Gasteiger partial charge is 0.378 e. The molecule has 1 atom stereocenters. The van der Waals surface area contributed by atoms with Crippen molar-refractivity contribution in [3.05, 3.63) is 27.3 Å². The molecule has 8 nitrogen and oxygen atoms in total. The first-order valence-electron chi connectivity index (χ1n) is 9.36. The quantitative estimate of drug-likeness (QED) is 0.657. The zero-order valence-corrected chi connectivity index (χ0v) is 16.0. The van der Waals surface area contributed by atoms with Crippen molar-refractivity contribution in [2.75, 3.05) is 26.3 Å². The fourth-order valence-corrected chi connectivity index (χ4v) is 5.35. The van der Waals surface area contributed by atoms with Crippen molar-refractivity contribution >= 4 is 33.1 Å². The van der Waals surface area contributed by atoms with Gasteiger partial charge in [0.05, 0.1) is 18.6 Å². The molecule has 5 rings (SSSR count). The highest BCUT2D eigenvalue weighted by molar-refractivity contribution is 7.19. The van der Waals surface area contributed by atoms with Crippen molar-refractivity contribution in [2.45, 2.75) is 32.7 Å². The van der Waals surface area contributed by atoms with Crippen molar-refractivity contribution < 1.29 is 9.53 Å². The van der Waals surface area contributed by atoms with Gasteiger partial charge in [-0.3, -0.25) is 4.79 Å². The van der Waals surface area contributed by atoms with E-state index in [9.17, 15) is 9.59 Å². The highest BCUT2D eigenvalue weighted by atomic mass is 32.1. The lowest BCUT2D eigenvalue weighted by atomic mass is 9.89. The van der Waals surface area contributed by atoms with Crippen LogP contribution in [-0.2, 0) is 28.9 Å². The first kappa shape index (κ1) is 16.9. The second-order valence-electron chi connectivity index (χ2n) is 7.40. The first-order chi connectivity index (χ1) is 13.1. The third-order valence-electron chi connectivity index (χ3n) is 5.53. The molecule has 2 aliphatic rings. The number of carbonyl (C=O) groups excluding carboxylic acids is 1. The molecule has 3 aromatic rings. The van der Waals surface area contributed by atoms with E-state index >= 15 is 0 Å². The minimum absolute atomic E-state index is 0.0502. The number of aromatic nitrogens is 4. The van der Waals surface area contributed by atoms with Gasteiger partial charge in [0.25, 0.3) is 0 Å². The predicted octanol–water partition coefficient (Wildman–Crippen LogP) is 1.09. The molecule has 0 N–H and O–H groups in total. The number of ether oxygens (including phenoxy) is 1. The summed E-state index contributed by atoms with van der Waals surface area (Å²) >= 11 is 1.71. The molecule has 1 fully saturated rings. The van der Waals surface area contributed by atoms with Gasteiger partial charge in [0.15, 0.2) is 5.65 Å². The Bertz CT molecular complexity index is 1090. The van der Waals surface area contributed by atoms with Crippen LogP contribution in [0.4, 0.5) is 0 Å². The third-order valence-corrected chi connectivity index (χ3v) is 6.69. The standard InChI is InChI=1S/C18H21N5O3S/c1-11-2-3-12-13(8-11)27-17-15(12)16-20-23(18(25)22(16)10-19-17)9-14(24)21-4-6-26-7-5-21/h10-11H,2-9H2,1H3. The summed E-state index contributed by atoms with van der Waals surface area (Å²) in [6, 6.07) is 0. The molecule has 9 heteroatoms. The average Bonchev–Trinajstić information content (AvgIpc) is 3.19. The SMILES string of the molecule is CC1CCc2c(sc3ncn4c(=O)n(CC(=O)N5CCOCC5)nc4c23)C1. The van der Waals surface area contributed by atoms with Crippen LogP contribution < -0.4 is 5.69 Å². The van der Waals surface area contributed by atoms with Crippen molar-refractivity contribution in [3.63, 3.8) is 0 Å². The minimum atomic E-state index is -0.315. The van der Waals surface area contributed by atoms with Gasteiger partial charge in [-0.2, -0.15) is 0 Å². The Morgan fingerprint density at radius 1 is 1.37 bits per heavy atom. The number of amides is 1. The Kier molecular flexibility index (Phi) is 4.01. The monoisotopic (exact) mass is 387 g/mol. The van der Waals surface area contributed by atoms with Crippen molar-refractivity contribution in [1.82, 2.24) is 24.1 Å². The lowest BCUT2D eigenvalue weighted by molar-refractivity contribution is -0.136. The van der Waals surface area contributed by atoms with Crippen LogP contribution in [-0.4, -0.2) is 56.3 Å². The van der Waals surface area contributed by atoms with Gasteiger partial charge in [0, 0.05) is 18.0 Å². The fraction of sp³-hybridized carbons (Fsp3) is 0.556. The normalized spacial score (nSPS) is 20.3. The highest BCUT2D eigenvalue weighted by Crippen LogP contribution is 2.38. The molecule has 3 aromatic heterocycles. The predicted molar refractivity (Wildman–Crippen MR) is 101 cm³/mol. The minimum Gasteiger partial charge on any atom is -0.378 e. The van der Waals surface area contributed by atoms with Gasteiger partial charge in [-0.05, 0) is 30.7 Å². The van der Waals surface area contributed by atoms with E-state index in [1.165, 1.54) is 25.9 Å². The molecule has 1 amide bonds. The topological polar surface area (TPSA) is 81.7 Å². The summed E-state index contributed by atoms with van der Waals surface area (Å²) in [7, 11) is 0. The lowest BCUT2D eigenvalue weighted by Crippen LogP contribution is -2.43. The Morgan fingerprint density at radius 3 is 3.00 bits per heavy atom. The Balaban J connectivity index is 1.57. The summed E-state index contributed by atoms with van der Waals surface area (Å²) in [6.07, 6.45) is 4.73. The van der Waals surface area contributed by atoms with Gasteiger partial charge in [-0.1, -0.05) is 6.92 Å². The van der Waals surface area contributed by atoms with Crippen LogP contribution in [0.1, 0.15) is 23.8 Å². The molecule has 1 unspecified atom stereocenters. The molecular weight excluding hydrogens is 366 g/mol. The fourth-order valence-electron chi connectivity index (χ4n) is 4.01. The second-order valence-corrected chi connectivity index (χ2v) is 8.49. The van der Waals surface area contributed by atoms with E-state index in [1.807, 2.05) is 0 Å². The summed E-state index contributed by atoms with van der Waals surface area (Å²) in [5.74, 6) is 0.571. The number of fused-ring (bicyclic) bond motifs is 5. The molecule has 142 valence electrons. The maximum atomic E-state index is 12.8. The zero-order chi connectivity index (χ0) is 18.5. The van der Waals surface area contributed by atoms with Crippen molar-refractivity contribution in [2.24, 2.45) is 5.92 Å². The summed E-state index contributed by atoms with van der Waals surface area (Å²) in [4.78, 5) is 33.8. The molecule has 0 aromatic carbocycles. The van der Waals surface area contributed by atoms with Crippen LogP contribution in [0.2, 0.25) is 0 Å². The Labute approximate surface area is 159 Å². The van der Waals surface area contributed by atoms with Gasteiger partial charge in [0.1, 0.15) is 17.7 Å². The van der Waals surface area contributed by atoms with Crippen LogP contribution >= 0.6 is 11.3 Å². The zero-order valence-electron chi connectivity index (χ0n) is 15.2. The summed E-state index contributed by atoms with van der Waals surface area (Å²) in [5, 5.41) is 5.51. The number of carbonyl (C=O) groups is 1. The van der Waals surface area contributed by atoms with Crippen LogP contribution in [0.15, 0.2) is 11.1 Å². The number of nitrogens with zero attached hydrogens (tertiary/aromatic N) is 5. The number of aryl methyl sites for hydroxylation is 1. The molecule has 0 saturated carbocycles. The molecule has 1 saturated heterocycles. The Morgan fingerprint density at radius 2 is 2.19 bits per heavy atom. The van der Waals surface area contributed by atoms with E-state index in [4.69, 9.17) is 4.74 Å². The van der Waals surface area contributed by atoms with Crippen LogP contribution in [0.3, 0.4) is 0 Å². The molecule has 1 aliphatic heterocycles. The maximum absolute atomic E-state index is 12.8. The number of thiophene rings is 1. The summed E-state index contributed by atoms with van der Waals surface area (Å²) in [6.45, 7) is 4.41. The van der Waals surface area contributed by atoms with Crippen molar-refractivity contribution in [1.29, 1.82) is 0 Å². The molecule has 0 bridgehead atoms. The van der Waals surface area contributed by atoms with E-state index in [0.717, 1.165) is 29.5 Å².